The number of nitrogens with zero attached hydrogens (tertiary/aromatic N) is 2. The number of carbonyl (C=O) groups excluding carboxylic acids is 1. The van der Waals surface area contributed by atoms with E-state index < -0.39 is 0 Å². The van der Waals surface area contributed by atoms with Crippen LogP contribution in [0.4, 0.5) is 0 Å². The normalized spacial score (nSPS) is 25.3. The van der Waals surface area contributed by atoms with Crippen LogP contribution in [0.15, 0.2) is 41.1 Å². The second kappa shape index (κ2) is 7.60. The van der Waals surface area contributed by atoms with Crippen molar-refractivity contribution >= 4 is 5.91 Å². The predicted molar refractivity (Wildman–Crippen MR) is 96.2 cm³/mol. The van der Waals surface area contributed by atoms with Crippen molar-refractivity contribution in [3.05, 3.63) is 53.7 Å². The fraction of sp³-hybridized carbons (Fsp3) is 0.500. The Kier molecular flexibility index (Phi) is 5.04. The highest BCUT2D eigenvalue weighted by Gasteiger charge is 2.42. The van der Waals surface area contributed by atoms with Crippen LogP contribution in [0.5, 0.6) is 0 Å². The zero-order chi connectivity index (χ0) is 17.9. The molecule has 3 atom stereocenters. The Morgan fingerprint density at radius 1 is 1.35 bits per heavy atom. The third kappa shape index (κ3) is 4.14. The second-order valence-electron chi connectivity index (χ2n) is 7.34. The Bertz CT molecular complexity index is 732. The number of hydrogen-bond acceptors (Lipinski definition) is 5. The Labute approximate surface area is 153 Å². The molecule has 2 fully saturated rings. The van der Waals surface area contributed by atoms with Crippen LogP contribution in [0.3, 0.4) is 0 Å². The quantitative estimate of drug-likeness (QED) is 0.861. The molecule has 0 aliphatic carbocycles. The highest BCUT2D eigenvalue weighted by atomic mass is 16.5. The predicted octanol–water partition coefficient (Wildman–Crippen LogP) is 2.28. The molecule has 0 radical (unpaired) electrons. The summed E-state index contributed by atoms with van der Waals surface area (Å²) in [7, 11) is 0. The minimum atomic E-state index is 0.0342. The van der Waals surface area contributed by atoms with Crippen LogP contribution in [-0.4, -0.2) is 41.1 Å². The van der Waals surface area contributed by atoms with Gasteiger partial charge in [0.05, 0.1) is 25.2 Å². The number of likely N-dealkylation sites (tertiary alicyclic amines) is 1. The molecule has 0 unspecified atom stereocenters. The molecule has 0 bridgehead atoms. The van der Waals surface area contributed by atoms with Crippen LogP contribution < -0.4 is 5.32 Å². The molecule has 2 saturated heterocycles. The maximum absolute atomic E-state index is 12.2. The first kappa shape index (κ1) is 17.2. The first-order chi connectivity index (χ1) is 12.7. The molecule has 26 heavy (non-hydrogen) atoms. The number of amides is 1. The molecule has 0 spiro atoms. The van der Waals surface area contributed by atoms with Crippen molar-refractivity contribution in [3.63, 3.8) is 0 Å². The largest absolute Gasteiger partial charge is 0.465 e. The summed E-state index contributed by atoms with van der Waals surface area (Å²) in [4.78, 5) is 18.6. The van der Waals surface area contributed by atoms with Gasteiger partial charge in [0.15, 0.2) is 0 Å². The lowest BCUT2D eigenvalue weighted by atomic mass is 10.0. The van der Waals surface area contributed by atoms with E-state index in [9.17, 15) is 4.79 Å². The third-order valence-electron chi connectivity index (χ3n) is 5.19. The van der Waals surface area contributed by atoms with Gasteiger partial charge in [-0.15, -0.1) is 0 Å². The Hall–Kier alpha value is -2.18. The molecular formula is C20H25N3O3. The van der Waals surface area contributed by atoms with Crippen molar-refractivity contribution in [2.75, 3.05) is 13.1 Å². The fourth-order valence-electron chi connectivity index (χ4n) is 3.98. The number of aromatic nitrogens is 1. The molecule has 6 heteroatoms. The second-order valence-corrected chi connectivity index (χ2v) is 7.34. The van der Waals surface area contributed by atoms with Gasteiger partial charge in [-0.25, -0.2) is 0 Å². The highest BCUT2D eigenvalue weighted by molar-refractivity contribution is 5.76. The Balaban J connectivity index is 1.20. The first-order valence-electron chi connectivity index (χ1n) is 9.24. The molecule has 2 aliphatic heterocycles. The minimum absolute atomic E-state index is 0.0342. The van der Waals surface area contributed by atoms with Crippen LogP contribution in [0.1, 0.15) is 29.9 Å². The lowest BCUT2D eigenvalue weighted by molar-refractivity contribution is -0.124. The molecule has 2 aliphatic rings. The number of nitrogens with one attached hydrogen (secondary N) is 1. The van der Waals surface area contributed by atoms with Crippen molar-refractivity contribution in [3.8, 4) is 0 Å². The van der Waals surface area contributed by atoms with Crippen molar-refractivity contribution in [1.82, 2.24) is 15.2 Å². The molecule has 138 valence electrons. The van der Waals surface area contributed by atoms with E-state index >= 15 is 0 Å². The molecule has 0 saturated carbocycles. The number of aryl methyl sites for hydroxylation is 1. The van der Waals surface area contributed by atoms with Gasteiger partial charge in [0.2, 0.25) is 5.91 Å². The van der Waals surface area contributed by atoms with Crippen LogP contribution >= 0.6 is 0 Å². The molecule has 2 aromatic rings. The van der Waals surface area contributed by atoms with Gasteiger partial charge in [0, 0.05) is 37.9 Å². The van der Waals surface area contributed by atoms with Crippen LogP contribution in [0.25, 0.3) is 0 Å². The van der Waals surface area contributed by atoms with E-state index in [1.54, 1.807) is 12.4 Å². The number of furan rings is 1. The van der Waals surface area contributed by atoms with Crippen molar-refractivity contribution in [2.24, 2.45) is 5.92 Å². The standard InChI is InChI=1S/C20H25N3O3/c1-14-4-5-17(25-14)12-23-11-16-7-18(26-19(16)13-23)8-20(24)22-10-15-3-2-6-21-9-15/h2-6,9,16,18-19H,7-8,10-13H2,1H3,(H,22,24)/t16-,18-,19+/m0/s1. The third-order valence-corrected chi connectivity index (χ3v) is 5.19. The van der Waals surface area contributed by atoms with Gasteiger partial charge < -0.3 is 14.5 Å². The van der Waals surface area contributed by atoms with Gasteiger partial charge in [0.1, 0.15) is 11.5 Å². The lowest BCUT2D eigenvalue weighted by Crippen LogP contribution is -2.29. The van der Waals surface area contributed by atoms with Gasteiger partial charge in [-0.1, -0.05) is 6.07 Å². The lowest BCUT2D eigenvalue weighted by Gasteiger charge is -2.18. The molecule has 0 aromatic carbocycles. The molecule has 6 nitrogen and oxygen atoms in total. The summed E-state index contributed by atoms with van der Waals surface area (Å²) in [5.74, 6) is 2.52. The SMILES string of the molecule is Cc1ccc(CN2C[C@@H]3C[C@@H](CC(=O)NCc4cccnc4)O[C@@H]3C2)o1. The number of carbonyl (C=O) groups is 1. The average molecular weight is 355 g/mol. The summed E-state index contributed by atoms with van der Waals surface area (Å²) in [5, 5.41) is 2.95. The van der Waals surface area contributed by atoms with Gasteiger partial charge in [-0.05, 0) is 37.1 Å². The Morgan fingerprint density at radius 3 is 3.00 bits per heavy atom. The van der Waals surface area contributed by atoms with Gasteiger partial charge >= 0.3 is 0 Å². The highest BCUT2D eigenvalue weighted by Crippen LogP contribution is 2.34. The number of pyridine rings is 1. The first-order valence-corrected chi connectivity index (χ1v) is 9.24. The molecular weight excluding hydrogens is 330 g/mol. The summed E-state index contributed by atoms with van der Waals surface area (Å²) in [6, 6.07) is 7.87. The molecule has 4 rings (SSSR count). The minimum Gasteiger partial charge on any atom is -0.465 e. The maximum Gasteiger partial charge on any atom is 0.222 e. The molecule has 2 aromatic heterocycles. The summed E-state index contributed by atoms with van der Waals surface area (Å²) in [6.45, 7) is 5.24. The van der Waals surface area contributed by atoms with Gasteiger partial charge in [-0.2, -0.15) is 0 Å². The number of rotatable bonds is 6. The summed E-state index contributed by atoms with van der Waals surface area (Å²) >= 11 is 0. The molecule has 1 N–H and O–H groups in total. The Morgan fingerprint density at radius 2 is 2.27 bits per heavy atom. The van der Waals surface area contributed by atoms with Crippen LogP contribution in [0.2, 0.25) is 0 Å². The molecule has 1 amide bonds. The zero-order valence-electron chi connectivity index (χ0n) is 15.1. The van der Waals surface area contributed by atoms with E-state index in [0.717, 1.165) is 43.1 Å². The topological polar surface area (TPSA) is 67.6 Å². The van der Waals surface area contributed by atoms with Crippen LogP contribution in [0, 0.1) is 12.8 Å². The van der Waals surface area contributed by atoms with Crippen molar-refractivity contribution in [2.45, 2.75) is 45.1 Å². The summed E-state index contributed by atoms with van der Waals surface area (Å²) in [6.07, 6.45) is 5.16. The van der Waals surface area contributed by atoms with E-state index in [1.165, 1.54) is 0 Å². The van der Waals surface area contributed by atoms with Crippen LogP contribution in [-0.2, 0) is 22.6 Å². The zero-order valence-corrected chi connectivity index (χ0v) is 15.1. The van der Waals surface area contributed by atoms with E-state index in [0.29, 0.717) is 18.9 Å². The number of hydrogen-bond donors (Lipinski definition) is 1. The monoisotopic (exact) mass is 355 g/mol. The fourth-order valence-corrected chi connectivity index (χ4v) is 3.98. The summed E-state index contributed by atoms with van der Waals surface area (Å²) in [5.41, 5.74) is 1.01. The number of fused-ring (bicyclic) bond motifs is 1. The van der Waals surface area contributed by atoms with Crippen molar-refractivity contribution in [1.29, 1.82) is 0 Å². The van der Waals surface area contributed by atoms with Gasteiger partial charge in [-0.3, -0.25) is 14.7 Å². The van der Waals surface area contributed by atoms with E-state index in [1.807, 2.05) is 31.2 Å². The smallest absolute Gasteiger partial charge is 0.222 e. The van der Waals surface area contributed by atoms with E-state index in [-0.39, 0.29) is 18.1 Å². The summed E-state index contributed by atoms with van der Waals surface area (Å²) < 4.78 is 11.8. The van der Waals surface area contributed by atoms with Gasteiger partial charge in [0.25, 0.3) is 0 Å². The van der Waals surface area contributed by atoms with E-state index in [2.05, 4.69) is 15.2 Å². The maximum atomic E-state index is 12.2. The molecule has 4 heterocycles. The van der Waals surface area contributed by atoms with E-state index in [4.69, 9.17) is 9.15 Å². The number of ether oxygens (including phenoxy) is 1. The average Bonchev–Trinajstić information content (AvgIpc) is 3.29. The van der Waals surface area contributed by atoms with Crippen molar-refractivity contribution < 1.29 is 13.9 Å².